The molecule has 0 aliphatic carbocycles. The summed E-state index contributed by atoms with van der Waals surface area (Å²) in [6, 6.07) is 9.58. The van der Waals surface area contributed by atoms with Gasteiger partial charge in [-0.2, -0.15) is 5.10 Å². The normalized spacial score (nSPS) is 10.5. The number of rotatable bonds is 11. The summed E-state index contributed by atoms with van der Waals surface area (Å²) in [4.78, 5) is 24.4. The van der Waals surface area contributed by atoms with Gasteiger partial charge in [0.1, 0.15) is 35.3 Å². The van der Waals surface area contributed by atoms with Gasteiger partial charge in [0.2, 0.25) is 17.9 Å². The molecular formula is C30H28ClN5O8. The molecule has 3 heterocycles. The van der Waals surface area contributed by atoms with Crippen molar-refractivity contribution in [1.82, 2.24) is 14.3 Å². The molecule has 2 aromatic carbocycles. The van der Waals surface area contributed by atoms with Gasteiger partial charge in [0.25, 0.3) is 0 Å². The van der Waals surface area contributed by atoms with E-state index in [1.807, 2.05) is 15.3 Å². The Morgan fingerprint density at radius 2 is 1.75 bits per heavy atom. The van der Waals surface area contributed by atoms with Crippen molar-refractivity contribution >= 4 is 22.6 Å². The minimum absolute atomic E-state index is 0. The van der Waals surface area contributed by atoms with Crippen molar-refractivity contribution in [2.45, 2.75) is 20.1 Å². The number of halogens is 1. The van der Waals surface area contributed by atoms with Gasteiger partial charge in [0.15, 0.2) is 23.9 Å². The largest absolute Gasteiger partial charge is 1.00 e. The molecule has 0 atom stereocenters. The SMILES string of the molecule is CC#Cc1c(OC)ccc2c(C(=O)c3cc(OC)c(OC)c(OC)c3)nn(C[n+]3ccn(Cc4ccc([N+](=O)[O-])o4)c3)c12.[Cl-]. The van der Waals surface area contributed by atoms with E-state index in [1.54, 1.807) is 61.6 Å². The lowest BCUT2D eigenvalue weighted by Gasteiger charge is -2.13. The monoisotopic (exact) mass is 621 g/mol. The second-order valence-corrected chi connectivity index (χ2v) is 9.24. The highest BCUT2D eigenvalue weighted by atomic mass is 35.5. The van der Waals surface area contributed by atoms with E-state index in [1.165, 1.54) is 27.4 Å². The van der Waals surface area contributed by atoms with E-state index in [2.05, 4.69) is 11.8 Å². The highest BCUT2D eigenvalue weighted by molar-refractivity contribution is 6.16. The molecule has 0 spiro atoms. The van der Waals surface area contributed by atoms with Gasteiger partial charge in [0, 0.05) is 10.9 Å². The first-order valence-corrected chi connectivity index (χ1v) is 12.9. The fraction of sp³-hybridized carbons (Fsp3) is 0.233. The number of imidazole rings is 1. The molecule has 0 radical (unpaired) electrons. The van der Waals surface area contributed by atoms with Crippen LogP contribution in [0, 0.1) is 22.0 Å². The molecule has 0 saturated carbocycles. The zero-order chi connectivity index (χ0) is 30.7. The topological polar surface area (TPSA) is 137 Å². The van der Waals surface area contributed by atoms with Crippen LogP contribution in [0.5, 0.6) is 23.0 Å². The van der Waals surface area contributed by atoms with Crippen LogP contribution in [0.4, 0.5) is 5.88 Å². The zero-order valence-electron chi connectivity index (χ0n) is 24.5. The van der Waals surface area contributed by atoms with Gasteiger partial charge in [-0.3, -0.25) is 14.9 Å². The molecule has 5 aromatic rings. The number of furan rings is 1. The number of ether oxygens (including phenoxy) is 4. The third kappa shape index (κ3) is 5.88. The van der Waals surface area contributed by atoms with Crippen LogP contribution >= 0.6 is 0 Å². The molecule has 44 heavy (non-hydrogen) atoms. The van der Waals surface area contributed by atoms with Crippen LogP contribution in [0.1, 0.15) is 34.3 Å². The summed E-state index contributed by atoms with van der Waals surface area (Å²) in [6.45, 7) is 2.22. The molecular weight excluding hydrogens is 594 g/mol. The van der Waals surface area contributed by atoms with Crippen molar-refractivity contribution in [2.24, 2.45) is 0 Å². The standard InChI is InChI=1S/C30H28N5O8.ClH/c1-6-7-21-23(39-2)10-9-22-27(29(36)19-14-24(40-3)30(42-5)25(15-19)41-4)31-34(28(21)22)18-33-13-12-32(17-33)16-20-8-11-26(43-20)35(37)38;/h8-15,17H,16,18H2,1-5H3;1H/q+1;/p-1. The van der Waals surface area contributed by atoms with Crippen LogP contribution in [0.2, 0.25) is 0 Å². The molecule has 3 aromatic heterocycles. The minimum Gasteiger partial charge on any atom is -1.00 e. The Balaban J connectivity index is 0.00000442. The smallest absolute Gasteiger partial charge is 0.433 e. The van der Waals surface area contributed by atoms with Crippen molar-refractivity contribution in [3.8, 4) is 34.8 Å². The maximum atomic E-state index is 14.0. The molecule has 0 unspecified atom stereocenters. The first-order valence-electron chi connectivity index (χ1n) is 12.9. The second-order valence-electron chi connectivity index (χ2n) is 9.24. The van der Waals surface area contributed by atoms with E-state index in [0.717, 1.165) is 0 Å². The molecule has 0 fully saturated rings. The number of ketones is 1. The summed E-state index contributed by atoms with van der Waals surface area (Å²) >= 11 is 0. The van der Waals surface area contributed by atoms with Gasteiger partial charge in [-0.1, -0.05) is 5.92 Å². The summed E-state index contributed by atoms with van der Waals surface area (Å²) in [6.07, 6.45) is 5.42. The maximum Gasteiger partial charge on any atom is 0.433 e. The number of benzene rings is 2. The molecule has 0 bridgehead atoms. The number of fused-ring (bicyclic) bond motifs is 1. The third-order valence-corrected chi connectivity index (χ3v) is 6.69. The van der Waals surface area contributed by atoms with Crippen LogP contribution < -0.4 is 35.9 Å². The Labute approximate surface area is 258 Å². The van der Waals surface area contributed by atoms with Gasteiger partial charge in [-0.05, 0) is 37.3 Å². The van der Waals surface area contributed by atoms with Gasteiger partial charge in [0.05, 0.1) is 45.6 Å². The predicted molar refractivity (Wildman–Crippen MR) is 153 cm³/mol. The molecule has 0 aliphatic rings. The van der Waals surface area contributed by atoms with Crippen LogP contribution in [-0.2, 0) is 13.2 Å². The van der Waals surface area contributed by atoms with Crippen LogP contribution in [0.3, 0.4) is 0 Å². The zero-order valence-corrected chi connectivity index (χ0v) is 25.2. The quantitative estimate of drug-likeness (QED) is 0.0690. The first-order chi connectivity index (χ1) is 20.8. The lowest BCUT2D eigenvalue weighted by atomic mass is 10.0. The number of hydrogen-bond acceptors (Lipinski definition) is 9. The highest BCUT2D eigenvalue weighted by Crippen LogP contribution is 2.39. The van der Waals surface area contributed by atoms with E-state index in [9.17, 15) is 14.9 Å². The Bertz CT molecular complexity index is 1890. The first kappa shape index (κ1) is 31.5. The molecule has 0 N–H and O–H groups in total. The minimum atomic E-state index is -0.579. The van der Waals surface area contributed by atoms with Crippen molar-refractivity contribution in [1.29, 1.82) is 0 Å². The van der Waals surface area contributed by atoms with Gasteiger partial charge >= 0.3 is 5.88 Å². The van der Waals surface area contributed by atoms with E-state index in [4.69, 9.17) is 28.5 Å². The maximum absolute atomic E-state index is 14.0. The van der Waals surface area contributed by atoms with Gasteiger partial charge in [-0.25, -0.2) is 13.8 Å². The van der Waals surface area contributed by atoms with E-state index < -0.39 is 4.92 Å². The number of methoxy groups -OCH3 is 4. The Morgan fingerprint density at radius 3 is 2.34 bits per heavy atom. The second kappa shape index (κ2) is 13.2. The molecule has 0 saturated heterocycles. The van der Waals surface area contributed by atoms with Gasteiger partial charge in [-0.15, -0.1) is 5.92 Å². The van der Waals surface area contributed by atoms with Gasteiger partial charge < -0.3 is 35.8 Å². The highest BCUT2D eigenvalue weighted by Gasteiger charge is 2.26. The van der Waals surface area contributed by atoms with E-state index in [0.29, 0.717) is 50.8 Å². The Hall–Kier alpha value is -5.48. The molecule has 0 aliphatic heterocycles. The summed E-state index contributed by atoms with van der Waals surface area (Å²) in [5, 5.41) is 16.3. The average molecular weight is 622 g/mol. The summed E-state index contributed by atoms with van der Waals surface area (Å²) in [5.74, 6) is 7.37. The molecule has 14 heteroatoms. The molecule has 228 valence electrons. The fourth-order valence-electron chi connectivity index (χ4n) is 4.79. The van der Waals surface area contributed by atoms with E-state index in [-0.39, 0.29) is 43.0 Å². The van der Waals surface area contributed by atoms with Crippen LogP contribution in [-0.4, -0.2) is 53.5 Å². The number of nitro groups is 1. The number of aromatic nitrogens is 4. The van der Waals surface area contributed by atoms with Crippen molar-refractivity contribution in [2.75, 3.05) is 28.4 Å². The third-order valence-electron chi connectivity index (χ3n) is 6.69. The molecule has 0 amide bonds. The predicted octanol–water partition coefficient (Wildman–Crippen LogP) is 0.821. The summed E-state index contributed by atoms with van der Waals surface area (Å²) in [5.41, 5.74) is 1.70. The number of carbonyl (C=O) groups excluding carboxylic acids is 1. The van der Waals surface area contributed by atoms with Crippen LogP contribution in [0.25, 0.3) is 10.9 Å². The number of nitrogens with zero attached hydrogens (tertiary/aromatic N) is 5. The average Bonchev–Trinajstić information content (AvgIpc) is 3.76. The molecule has 13 nitrogen and oxygen atoms in total. The Morgan fingerprint density at radius 1 is 1.05 bits per heavy atom. The summed E-state index contributed by atoms with van der Waals surface area (Å²) in [7, 11) is 6.00. The number of carbonyl (C=O) groups is 1. The van der Waals surface area contributed by atoms with Crippen molar-refractivity contribution < 1.29 is 50.1 Å². The van der Waals surface area contributed by atoms with E-state index >= 15 is 0 Å². The fourth-order valence-corrected chi connectivity index (χ4v) is 4.79. The van der Waals surface area contributed by atoms with Crippen molar-refractivity contribution in [3.63, 3.8) is 0 Å². The molecule has 5 rings (SSSR count). The summed E-state index contributed by atoms with van der Waals surface area (Å²) < 4.78 is 32.5. The lowest BCUT2D eigenvalue weighted by molar-refractivity contribution is -0.701. The number of hydrogen-bond donors (Lipinski definition) is 0. The Kier molecular flexibility index (Phi) is 9.45. The van der Waals surface area contributed by atoms with Crippen molar-refractivity contribution in [3.05, 3.63) is 87.8 Å². The van der Waals surface area contributed by atoms with Crippen LogP contribution in [0.15, 0.2) is 59.5 Å². The lowest BCUT2D eigenvalue weighted by Crippen LogP contribution is -3.00.